The molecule has 3 fully saturated rings. The Bertz CT molecular complexity index is 547. The average molecular weight is 260 g/mol. The van der Waals surface area contributed by atoms with Crippen LogP contribution in [-0.2, 0) is 4.57 Å². The predicted octanol–water partition coefficient (Wildman–Crippen LogP) is 3.88. The molecule has 4 rings (SSSR count). The molecule has 3 aliphatic rings. The molecule has 1 saturated heterocycles. The first-order chi connectivity index (χ1) is 8.51. The lowest BCUT2D eigenvalue weighted by Crippen LogP contribution is -2.53. The van der Waals surface area contributed by atoms with Crippen molar-refractivity contribution in [3.05, 3.63) is 30.3 Å². The third-order valence-electron chi connectivity index (χ3n) is 6.60. The number of rotatable bonds is 1. The molecule has 4 atom stereocenters. The minimum absolute atomic E-state index is 0.420. The first-order valence-electron chi connectivity index (χ1n) is 7.15. The molecule has 1 aromatic rings. The minimum Gasteiger partial charge on any atom is -0.318 e. The second-order valence-corrected chi connectivity index (χ2v) is 10.2. The van der Waals surface area contributed by atoms with E-state index in [0.29, 0.717) is 16.5 Å². The van der Waals surface area contributed by atoms with Gasteiger partial charge in [0.1, 0.15) is 7.14 Å². The van der Waals surface area contributed by atoms with Gasteiger partial charge in [-0.1, -0.05) is 44.2 Å². The fraction of sp³-hybridized carbons (Fsp3) is 0.625. The topological polar surface area (TPSA) is 17.1 Å². The fourth-order valence-electron chi connectivity index (χ4n) is 5.35. The van der Waals surface area contributed by atoms with Gasteiger partial charge < -0.3 is 4.57 Å². The van der Waals surface area contributed by atoms with Gasteiger partial charge in [0.15, 0.2) is 0 Å². The Morgan fingerprint density at radius 2 is 1.94 bits per heavy atom. The first kappa shape index (κ1) is 11.3. The largest absolute Gasteiger partial charge is 0.318 e. The second kappa shape index (κ2) is 3.12. The zero-order valence-electron chi connectivity index (χ0n) is 11.2. The zero-order valence-corrected chi connectivity index (χ0v) is 12.1. The molecular weight excluding hydrogens is 239 g/mol. The highest BCUT2D eigenvalue weighted by molar-refractivity contribution is 7.74. The highest BCUT2D eigenvalue weighted by Gasteiger charge is 2.75. The third kappa shape index (κ3) is 1.01. The SMILES string of the molecule is CC1(C)C2CCC13CP(=O)(c1ccccc1)C3C2. The van der Waals surface area contributed by atoms with E-state index in [-0.39, 0.29) is 0 Å². The van der Waals surface area contributed by atoms with Crippen LogP contribution in [0.2, 0.25) is 0 Å². The van der Waals surface area contributed by atoms with Gasteiger partial charge in [0.05, 0.1) is 0 Å². The van der Waals surface area contributed by atoms with Crippen LogP contribution in [0.25, 0.3) is 0 Å². The highest BCUT2D eigenvalue weighted by Crippen LogP contribution is 2.84. The average Bonchev–Trinajstić information content (AvgIpc) is 2.71. The van der Waals surface area contributed by atoms with Crippen molar-refractivity contribution in [3.8, 4) is 0 Å². The van der Waals surface area contributed by atoms with Crippen molar-refractivity contribution in [1.82, 2.24) is 0 Å². The number of benzene rings is 1. The molecule has 0 aromatic heterocycles. The molecule has 2 bridgehead atoms. The number of hydrogen-bond acceptors (Lipinski definition) is 1. The molecular formula is C16H21OP. The Kier molecular flexibility index (Phi) is 1.96. The Balaban J connectivity index is 1.78. The Labute approximate surface area is 109 Å². The van der Waals surface area contributed by atoms with E-state index in [1.54, 1.807) is 0 Å². The van der Waals surface area contributed by atoms with Crippen molar-refractivity contribution >= 4 is 12.4 Å². The molecule has 1 aromatic carbocycles. The molecule has 2 aliphatic carbocycles. The smallest absolute Gasteiger partial charge is 0.119 e. The maximum atomic E-state index is 13.4. The molecule has 2 saturated carbocycles. The van der Waals surface area contributed by atoms with E-state index in [1.807, 2.05) is 18.2 Å². The maximum Gasteiger partial charge on any atom is 0.119 e. The van der Waals surface area contributed by atoms with E-state index in [4.69, 9.17) is 0 Å². The zero-order chi connectivity index (χ0) is 12.6. The Morgan fingerprint density at radius 1 is 1.22 bits per heavy atom. The van der Waals surface area contributed by atoms with Gasteiger partial charge >= 0.3 is 0 Å². The van der Waals surface area contributed by atoms with E-state index < -0.39 is 7.14 Å². The minimum atomic E-state index is -2.08. The molecule has 4 unspecified atom stereocenters. The van der Waals surface area contributed by atoms with Crippen LogP contribution in [0.3, 0.4) is 0 Å². The van der Waals surface area contributed by atoms with Gasteiger partial charge in [0.25, 0.3) is 0 Å². The highest BCUT2D eigenvalue weighted by atomic mass is 31.2. The Morgan fingerprint density at radius 3 is 2.56 bits per heavy atom. The summed E-state index contributed by atoms with van der Waals surface area (Å²) in [7, 11) is -2.08. The third-order valence-corrected chi connectivity index (χ3v) is 10.5. The van der Waals surface area contributed by atoms with Crippen LogP contribution in [-0.4, -0.2) is 11.8 Å². The molecule has 1 nitrogen and oxygen atoms in total. The van der Waals surface area contributed by atoms with Gasteiger partial charge in [-0.3, -0.25) is 0 Å². The van der Waals surface area contributed by atoms with E-state index in [0.717, 1.165) is 17.4 Å². The summed E-state index contributed by atoms with van der Waals surface area (Å²) in [6, 6.07) is 10.3. The van der Waals surface area contributed by atoms with Crippen molar-refractivity contribution < 1.29 is 4.57 Å². The predicted molar refractivity (Wildman–Crippen MR) is 75.9 cm³/mol. The summed E-state index contributed by atoms with van der Waals surface area (Å²) in [4.78, 5) is 0. The monoisotopic (exact) mass is 260 g/mol. The summed E-state index contributed by atoms with van der Waals surface area (Å²) < 4.78 is 13.4. The van der Waals surface area contributed by atoms with E-state index in [2.05, 4.69) is 26.0 Å². The Hall–Kier alpha value is -0.550. The van der Waals surface area contributed by atoms with Gasteiger partial charge in [-0.25, -0.2) is 0 Å². The van der Waals surface area contributed by atoms with Crippen molar-refractivity contribution in [3.63, 3.8) is 0 Å². The van der Waals surface area contributed by atoms with E-state index in [1.165, 1.54) is 19.3 Å². The molecule has 2 heteroatoms. The van der Waals surface area contributed by atoms with Crippen molar-refractivity contribution in [1.29, 1.82) is 0 Å². The molecule has 96 valence electrons. The van der Waals surface area contributed by atoms with Crippen LogP contribution in [0, 0.1) is 16.7 Å². The molecule has 0 amide bonds. The molecule has 1 heterocycles. The summed E-state index contributed by atoms with van der Waals surface area (Å²) >= 11 is 0. The van der Waals surface area contributed by atoms with Crippen LogP contribution >= 0.6 is 7.14 Å². The standard InChI is InChI=1S/C16H21OP/c1-15(2)12-8-9-16(15)11-18(17,14(16)10-12)13-6-4-3-5-7-13/h3-7,12,14H,8-11H2,1-2H3. The quantitative estimate of drug-likeness (QED) is 0.700. The van der Waals surface area contributed by atoms with Crippen LogP contribution < -0.4 is 5.30 Å². The normalized spacial score (nSPS) is 47.7. The van der Waals surface area contributed by atoms with Gasteiger partial charge in [-0.15, -0.1) is 0 Å². The molecule has 0 N–H and O–H groups in total. The van der Waals surface area contributed by atoms with Crippen molar-refractivity contribution in [2.45, 2.75) is 38.8 Å². The lowest BCUT2D eigenvalue weighted by molar-refractivity contribution is 0.138. The van der Waals surface area contributed by atoms with Gasteiger partial charge in [-0.05, 0) is 36.0 Å². The number of hydrogen-bond donors (Lipinski definition) is 0. The van der Waals surface area contributed by atoms with Crippen molar-refractivity contribution in [2.24, 2.45) is 16.7 Å². The maximum absolute atomic E-state index is 13.4. The van der Waals surface area contributed by atoms with E-state index >= 15 is 0 Å². The molecule has 1 aliphatic heterocycles. The van der Waals surface area contributed by atoms with Crippen LogP contribution in [0.5, 0.6) is 0 Å². The summed E-state index contributed by atoms with van der Waals surface area (Å²) in [6.07, 6.45) is 4.90. The summed E-state index contributed by atoms with van der Waals surface area (Å²) in [5.41, 5.74) is 1.35. The van der Waals surface area contributed by atoms with Crippen LogP contribution in [0.4, 0.5) is 0 Å². The molecule has 18 heavy (non-hydrogen) atoms. The lowest BCUT2D eigenvalue weighted by Gasteiger charge is -2.56. The van der Waals surface area contributed by atoms with E-state index in [9.17, 15) is 4.57 Å². The van der Waals surface area contributed by atoms with Crippen molar-refractivity contribution in [2.75, 3.05) is 6.16 Å². The van der Waals surface area contributed by atoms with Crippen LogP contribution in [0.15, 0.2) is 30.3 Å². The molecule has 0 radical (unpaired) electrons. The summed E-state index contributed by atoms with van der Waals surface area (Å²) in [6.45, 7) is 4.86. The fourth-order valence-corrected chi connectivity index (χ4v) is 10.0. The van der Waals surface area contributed by atoms with Crippen LogP contribution in [0.1, 0.15) is 33.1 Å². The summed E-state index contributed by atoms with van der Waals surface area (Å²) in [5, 5.41) is 1.14. The first-order valence-corrected chi connectivity index (χ1v) is 9.11. The second-order valence-electron chi connectivity index (χ2n) is 7.15. The molecule has 1 spiro atoms. The summed E-state index contributed by atoms with van der Waals surface area (Å²) in [5.74, 6) is 0.821. The van der Waals surface area contributed by atoms with Gasteiger partial charge in [-0.2, -0.15) is 0 Å². The van der Waals surface area contributed by atoms with Gasteiger partial charge in [0.2, 0.25) is 0 Å². The van der Waals surface area contributed by atoms with Gasteiger partial charge in [0, 0.05) is 17.1 Å². The lowest BCUT2D eigenvalue weighted by atomic mass is 9.70. The number of fused-ring (bicyclic) bond motifs is 1.